The number of carbonyl (C=O) groups is 2. The molecule has 0 saturated carbocycles. The second kappa shape index (κ2) is 7.19. The van der Waals surface area contributed by atoms with Gasteiger partial charge in [-0.1, -0.05) is 6.08 Å². The molecule has 0 radical (unpaired) electrons. The normalized spacial score (nSPS) is 10.3. The zero-order valence-corrected chi connectivity index (χ0v) is 6.88. The summed E-state index contributed by atoms with van der Waals surface area (Å²) in [6, 6.07) is 0. The Morgan fingerprint density at radius 1 is 1.27 bits per heavy atom. The van der Waals surface area contributed by atoms with Gasteiger partial charge in [-0.3, -0.25) is 4.79 Å². The van der Waals surface area contributed by atoms with Crippen molar-refractivity contribution >= 4 is 12.1 Å². The quantitative estimate of drug-likeness (QED) is 0.332. The highest BCUT2D eigenvalue weighted by Crippen LogP contribution is 1.98. The van der Waals surface area contributed by atoms with Crippen LogP contribution in [0.2, 0.25) is 0 Å². The van der Waals surface area contributed by atoms with Gasteiger partial charge in [0.05, 0.1) is 0 Å². The second-order valence-corrected chi connectivity index (χ2v) is 2.46. The minimum atomic E-state index is 0.0837. The molecule has 0 unspecified atom stereocenters. The summed E-state index contributed by atoms with van der Waals surface area (Å²) in [5.41, 5.74) is 0. The molecule has 0 aromatic heterocycles. The number of ketones is 1. The summed E-state index contributed by atoms with van der Waals surface area (Å²) < 4.78 is 0. The molecule has 2 heteroatoms. The molecular formula is C9H14O2. The van der Waals surface area contributed by atoms with Gasteiger partial charge in [0.2, 0.25) is 0 Å². The number of allylic oxidation sites excluding steroid dienone is 2. The highest BCUT2D eigenvalue weighted by Gasteiger charge is 1.85. The third-order valence-corrected chi connectivity index (χ3v) is 1.30. The van der Waals surface area contributed by atoms with E-state index in [1.165, 1.54) is 6.92 Å². The van der Waals surface area contributed by atoms with E-state index in [4.69, 9.17) is 0 Å². The number of carbonyl (C=O) groups excluding carboxylic acids is 2. The summed E-state index contributed by atoms with van der Waals surface area (Å²) in [6.45, 7) is 1.53. The van der Waals surface area contributed by atoms with Crippen molar-refractivity contribution in [2.75, 3.05) is 0 Å². The van der Waals surface area contributed by atoms with Crippen LogP contribution >= 0.6 is 0 Å². The molecule has 0 atom stereocenters. The van der Waals surface area contributed by atoms with Crippen LogP contribution in [0.25, 0.3) is 0 Å². The zero-order valence-electron chi connectivity index (χ0n) is 6.88. The van der Waals surface area contributed by atoms with Crippen LogP contribution in [0.3, 0.4) is 0 Å². The van der Waals surface area contributed by atoms with E-state index in [0.29, 0.717) is 6.42 Å². The van der Waals surface area contributed by atoms with Gasteiger partial charge >= 0.3 is 0 Å². The average molecular weight is 154 g/mol. The largest absolute Gasteiger partial charge is 0.303 e. The first-order valence-corrected chi connectivity index (χ1v) is 3.88. The Labute approximate surface area is 67.3 Å². The third kappa shape index (κ3) is 9.08. The van der Waals surface area contributed by atoms with Gasteiger partial charge in [0.25, 0.3) is 0 Å². The SMILES string of the molecule is CC(=O)C=CCCCCC=O. The maximum atomic E-state index is 10.4. The van der Waals surface area contributed by atoms with Gasteiger partial charge in [-0.05, 0) is 32.3 Å². The molecule has 0 aliphatic heterocycles. The number of hydrogen-bond donors (Lipinski definition) is 0. The first kappa shape index (κ1) is 10.1. The van der Waals surface area contributed by atoms with E-state index in [9.17, 15) is 9.59 Å². The van der Waals surface area contributed by atoms with Crippen molar-refractivity contribution in [3.8, 4) is 0 Å². The van der Waals surface area contributed by atoms with Crippen LogP contribution in [0.5, 0.6) is 0 Å². The van der Waals surface area contributed by atoms with Crippen LogP contribution in [0.1, 0.15) is 32.6 Å². The molecule has 11 heavy (non-hydrogen) atoms. The molecule has 0 amide bonds. The Kier molecular flexibility index (Phi) is 6.59. The van der Waals surface area contributed by atoms with Crippen LogP contribution in [0.4, 0.5) is 0 Å². The van der Waals surface area contributed by atoms with E-state index in [0.717, 1.165) is 25.5 Å². The minimum absolute atomic E-state index is 0.0837. The Morgan fingerprint density at radius 3 is 2.45 bits per heavy atom. The first-order valence-electron chi connectivity index (χ1n) is 3.88. The van der Waals surface area contributed by atoms with Gasteiger partial charge in [0.15, 0.2) is 5.78 Å². The summed E-state index contributed by atoms with van der Waals surface area (Å²) in [5, 5.41) is 0. The highest BCUT2D eigenvalue weighted by molar-refractivity contribution is 5.87. The van der Waals surface area contributed by atoms with Gasteiger partial charge in [-0.2, -0.15) is 0 Å². The fraction of sp³-hybridized carbons (Fsp3) is 0.556. The number of rotatable bonds is 6. The van der Waals surface area contributed by atoms with Gasteiger partial charge in [0.1, 0.15) is 6.29 Å². The van der Waals surface area contributed by atoms with Crippen LogP contribution in [-0.4, -0.2) is 12.1 Å². The van der Waals surface area contributed by atoms with Gasteiger partial charge in [0, 0.05) is 6.42 Å². The van der Waals surface area contributed by atoms with E-state index >= 15 is 0 Å². The lowest BCUT2D eigenvalue weighted by Crippen LogP contribution is -1.80. The Balaban J connectivity index is 3.13. The summed E-state index contributed by atoms with van der Waals surface area (Å²) in [4.78, 5) is 20.3. The monoisotopic (exact) mass is 154 g/mol. The number of hydrogen-bond acceptors (Lipinski definition) is 2. The van der Waals surface area contributed by atoms with E-state index in [-0.39, 0.29) is 5.78 Å². The lowest BCUT2D eigenvalue weighted by molar-refractivity contribution is -0.112. The molecule has 0 N–H and O–H groups in total. The molecule has 62 valence electrons. The first-order chi connectivity index (χ1) is 5.27. The van der Waals surface area contributed by atoms with Crippen molar-refractivity contribution < 1.29 is 9.59 Å². The minimum Gasteiger partial charge on any atom is -0.303 e. The smallest absolute Gasteiger partial charge is 0.152 e. The van der Waals surface area contributed by atoms with Crippen molar-refractivity contribution in [3.05, 3.63) is 12.2 Å². The van der Waals surface area contributed by atoms with E-state index in [2.05, 4.69) is 0 Å². The maximum Gasteiger partial charge on any atom is 0.152 e. The second-order valence-electron chi connectivity index (χ2n) is 2.46. The van der Waals surface area contributed by atoms with Crippen molar-refractivity contribution in [3.63, 3.8) is 0 Å². The lowest BCUT2D eigenvalue weighted by Gasteiger charge is -1.89. The molecule has 0 aliphatic rings. The molecule has 0 heterocycles. The predicted octanol–water partition coefficient (Wildman–Crippen LogP) is 1.89. The highest BCUT2D eigenvalue weighted by atomic mass is 16.1. The van der Waals surface area contributed by atoms with Gasteiger partial charge in [-0.15, -0.1) is 0 Å². The fourth-order valence-corrected chi connectivity index (χ4v) is 0.739. The van der Waals surface area contributed by atoms with Crippen LogP contribution in [-0.2, 0) is 9.59 Å². The Hall–Kier alpha value is -0.920. The predicted molar refractivity (Wildman–Crippen MR) is 44.4 cm³/mol. The molecular weight excluding hydrogens is 140 g/mol. The van der Waals surface area contributed by atoms with Crippen molar-refractivity contribution in [1.82, 2.24) is 0 Å². The molecule has 0 fully saturated rings. The molecule has 0 aliphatic carbocycles. The molecule has 0 saturated heterocycles. The summed E-state index contributed by atoms with van der Waals surface area (Å²) in [6.07, 6.45) is 7.79. The van der Waals surface area contributed by atoms with Crippen LogP contribution < -0.4 is 0 Å². The Morgan fingerprint density at radius 2 is 1.91 bits per heavy atom. The Bertz CT molecular complexity index is 148. The number of aldehydes is 1. The van der Waals surface area contributed by atoms with Gasteiger partial charge in [-0.25, -0.2) is 0 Å². The van der Waals surface area contributed by atoms with Gasteiger partial charge < -0.3 is 4.79 Å². The molecule has 2 nitrogen and oxygen atoms in total. The molecule has 0 bridgehead atoms. The van der Waals surface area contributed by atoms with Crippen LogP contribution in [0.15, 0.2) is 12.2 Å². The maximum absolute atomic E-state index is 10.4. The van der Waals surface area contributed by atoms with E-state index < -0.39 is 0 Å². The van der Waals surface area contributed by atoms with E-state index in [1.807, 2.05) is 6.08 Å². The molecule has 0 rings (SSSR count). The zero-order chi connectivity index (χ0) is 8.53. The topological polar surface area (TPSA) is 34.1 Å². The summed E-state index contributed by atoms with van der Waals surface area (Å²) in [7, 11) is 0. The van der Waals surface area contributed by atoms with Crippen molar-refractivity contribution in [2.45, 2.75) is 32.6 Å². The van der Waals surface area contributed by atoms with Crippen molar-refractivity contribution in [1.29, 1.82) is 0 Å². The van der Waals surface area contributed by atoms with Crippen LogP contribution in [0, 0.1) is 0 Å². The summed E-state index contributed by atoms with van der Waals surface area (Å²) in [5.74, 6) is 0.0837. The standard InChI is InChI=1S/C9H14O2/c1-9(11)7-5-3-2-4-6-8-10/h5,7-8H,2-4,6H2,1H3. The molecule has 0 spiro atoms. The van der Waals surface area contributed by atoms with Crippen molar-refractivity contribution in [2.24, 2.45) is 0 Å². The molecule has 0 aromatic carbocycles. The lowest BCUT2D eigenvalue weighted by atomic mass is 10.2. The summed E-state index contributed by atoms with van der Waals surface area (Å²) >= 11 is 0. The average Bonchev–Trinajstić information content (AvgIpc) is 1.96. The fourth-order valence-electron chi connectivity index (χ4n) is 0.739. The molecule has 0 aromatic rings. The van der Waals surface area contributed by atoms with E-state index in [1.54, 1.807) is 6.08 Å². The number of unbranched alkanes of at least 4 members (excludes halogenated alkanes) is 3. The third-order valence-electron chi connectivity index (χ3n) is 1.30.